The molecule has 1 heterocycles. The first-order valence-corrected chi connectivity index (χ1v) is 11.6. The second-order valence-electron chi connectivity index (χ2n) is 7.92. The molecule has 2 amide bonds. The van der Waals surface area contributed by atoms with Crippen molar-refractivity contribution in [3.8, 4) is 17.0 Å². The van der Waals surface area contributed by atoms with Crippen molar-refractivity contribution in [1.82, 2.24) is 14.9 Å². The summed E-state index contributed by atoms with van der Waals surface area (Å²) in [6, 6.07) is 17.2. The topological polar surface area (TPSA) is 88.4 Å². The van der Waals surface area contributed by atoms with E-state index in [9.17, 15) is 9.90 Å². The number of urea groups is 1. The van der Waals surface area contributed by atoms with Crippen LogP contribution < -0.4 is 15.4 Å². The number of hydrogen-bond donors (Lipinski definition) is 3. The zero-order valence-electron chi connectivity index (χ0n) is 19.5. The molecule has 176 valence electrons. The third kappa shape index (κ3) is 6.83. The van der Waals surface area contributed by atoms with Gasteiger partial charge in [-0.05, 0) is 31.9 Å². The maximum atomic E-state index is 12.2. The van der Waals surface area contributed by atoms with Crippen molar-refractivity contribution < 1.29 is 14.6 Å². The predicted octanol–water partition coefficient (Wildman–Crippen LogP) is 5.13. The number of rotatable bonds is 12. The number of para-hydroxylation sites is 2. The Morgan fingerprint density at radius 1 is 1.06 bits per heavy atom. The van der Waals surface area contributed by atoms with Crippen LogP contribution in [0.15, 0.2) is 54.6 Å². The Kier molecular flexibility index (Phi) is 9.32. The van der Waals surface area contributed by atoms with Crippen LogP contribution in [0.2, 0.25) is 0 Å². The van der Waals surface area contributed by atoms with Crippen molar-refractivity contribution in [2.75, 3.05) is 18.5 Å². The summed E-state index contributed by atoms with van der Waals surface area (Å²) in [6.07, 6.45) is 3.94. The Morgan fingerprint density at radius 3 is 2.58 bits per heavy atom. The summed E-state index contributed by atoms with van der Waals surface area (Å²) >= 11 is 0. The Hall–Kier alpha value is -3.32. The smallest absolute Gasteiger partial charge is 0.319 e. The van der Waals surface area contributed by atoms with Crippen LogP contribution in [-0.2, 0) is 13.2 Å². The van der Waals surface area contributed by atoms with Gasteiger partial charge in [-0.15, -0.1) is 0 Å². The molecule has 0 aliphatic heterocycles. The first-order chi connectivity index (χ1) is 16.1. The minimum atomic E-state index is -0.222. The number of benzene rings is 2. The van der Waals surface area contributed by atoms with Gasteiger partial charge in [-0.2, -0.15) is 0 Å². The number of unbranched alkanes of at least 4 members (excludes halogenated alkanes) is 2. The highest BCUT2D eigenvalue weighted by Crippen LogP contribution is 2.26. The largest absolute Gasteiger partial charge is 0.491 e. The first kappa shape index (κ1) is 24.3. The summed E-state index contributed by atoms with van der Waals surface area (Å²) in [4.78, 5) is 16.7. The molecule has 3 N–H and O–H groups in total. The number of nitrogens with one attached hydrogen (secondary N) is 2. The van der Waals surface area contributed by atoms with Gasteiger partial charge in [0, 0.05) is 18.7 Å². The third-order valence-electron chi connectivity index (χ3n) is 5.41. The van der Waals surface area contributed by atoms with Crippen LogP contribution in [0.25, 0.3) is 11.3 Å². The van der Waals surface area contributed by atoms with Crippen molar-refractivity contribution in [3.05, 3.63) is 66.1 Å². The summed E-state index contributed by atoms with van der Waals surface area (Å²) in [5.41, 5.74) is 3.30. The van der Waals surface area contributed by atoms with E-state index in [-0.39, 0.29) is 12.6 Å². The van der Waals surface area contributed by atoms with Gasteiger partial charge >= 0.3 is 6.03 Å². The van der Waals surface area contributed by atoms with Gasteiger partial charge in [0.25, 0.3) is 0 Å². The lowest BCUT2D eigenvalue weighted by Crippen LogP contribution is -2.29. The maximum absolute atomic E-state index is 12.2. The molecule has 7 heteroatoms. The van der Waals surface area contributed by atoms with Gasteiger partial charge in [0.2, 0.25) is 0 Å². The summed E-state index contributed by atoms with van der Waals surface area (Å²) in [5.74, 6) is 1.50. The number of aromatic nitrogens is 2. The van der Waals surface area contributed by atoms with Crippen molar-refractivity contribution in [2.45, 2.75) is 52.7 Å². The Bertz CT molecular complexity index is 1020. The molecule has 0 aliphatic carbocycles. The van der Waals surface area contributed by atoms with Crippen molar-refractivity contribution in [3.63, 3.8) is 0 Å². The Labute approximate surface area is 195 Å². The van der Waals surface area contributed by atoms with Gasteiger partial charge in [-0.3, -0.25) is 0 Å². The number of amides is 2. The summed E-state index contributed by atoms with van der Waals surface area (Å²) in [5, 5.41) is 15.5. The highest BCUT2D eigenvalue weighted by Gasteiger charge is 2.15. The van der Waals surface area contributed by atoms with E-state index in [1.54, 1.807) is 0 Å². The van der Waals surface area contributed by atoms with Crippen LogP contribution in [0, 0.1) is 6.92 Å². The van der Waals surface area contributed by atoms with Gasteiger partial charge in [0.05, 0.1) is 30.3 Å². The minimum absolute atomic E-state index is 0.103. The lowest BCUT2D eigenvalue weighted by Gasteiger charge is -2.14. The number of carbonyl (C=O) groups excluding carboxylic acids is 1. The fourth-order valence-electron chi connectivity index (χ4n) is 3.77. The molecule has 0 saturated heterocycles. The van der Waals surface area contributed by atoms with E-state index in [1.165, 1.54) is 0 Å². The number of nitrogens with zero attached hydrogens (tertiary/aromatic N) is 2. The van der Waals surface area contributed by atoms with E-state index in [4.69, 9.17) is 4.74 Å². The van der Waals surface area contributed by atoms with Gasteiger partial charge in [-0.25, -0.2) is 9.78 Å². The van der Waals surface area contributed by atoms with Gasteiger partial charge in [-0.1, -0.05) is 62.2 Å². The molecule has 7 nitrogen and oxygen atoms in total. The standard InChI is InChI=1S/C26H34N4O3/c1-3-4-10-16-27-26(32)29-22-14-8-9-15-24(22)33-18-11-17-30-20(2)28-23(19-31)25(30)21-12-6-5-7-13-21/h5-9,12-15,31H,3-4,10-11,16-19H2,1-2H3,(H2,27,29,32). The fraction of sp³-hybridized carbons (Fsp3) is 0.385. The maximum Gasteiger partial charge on any atom is 0.319 e. The van der Waals surface area contributed by atoms with Crippen LogP contribution >= 0.6 is 0 Å². The van der Waals surface area contributed by atoms with Crippen molar-refractivity contribution >= 4 is 11.7 Å². The number of ether oxygens (including phenoxy) is 1. The monoisotopic (exact) mass is 450 g/mol. The summed E-state index contributed by atoms with van der Waals surface area (Å²) in [7, 11) is 0. The van der Waals surface area contributed by atoms with Crippen LogP contribution in [0.1, 0.15) is 44.1 Å². The average molecular weight is 451 g/mol. The Morgan fingerprint density at radius 2 is 1.82 bits per heavy atom. The van der Waals surface area contributed by atoms with Crippen LogP contribution in [-0.4, -0.2) is 33.8 Å². The van der Waals surface area contributed by atoms with E-state index in [0.717, 1.165) is 42.8 Å². The molecule has 0 atom stereocenters. The molecule has 2 aromatic carbocycles. The SMILES string of the molecule is CCCCCNC(=O)Nc1ccccc1OCCCn1c(C)nc(CO)c1-c1ccccc1. The zero-order chi connectivity index (χ0) is 23.5. The van der Waals surface area contributed by atoms with E-state index in [2.05, 4.69) is 27.1 Å². The molecule has 0 radical (unpaired) electrons. The molecular formula is C26H34N4O3. The Balaban J connectivity index is 1.58. The molecule has 1 aromatic heterocycles. The second-order valence-corrected chi connectivity index (χ2v) is 7.92. The highest BCUT2D eigenvalue weighted by molar-refractivity contribution is 5.90. The third-order valence-corrected chi connectivity index (χ3v) is 5.41. The summed E-state index contributed by atoms with van der Waals surface area (Å²) < 4.78 is 8.12. The number of aliphatic hydroxyl groups excluding tert-OH is 1. The number of aliphatic hydroxyl groups is 1. The quantitative estimate of drug-likeness (QED) is 0.334. The molecular weight excluding hydrogens is 416 g/mol. The molecule has 3 aromatic rings. The first-order valence-electron chi connectivity index (χ1n) is 11.6. The predicted molar refractivity (Wildman–Crippen MR) is 131 cm³/mol. The number of hydrogen-bond acceptors (Lipinski definition) is 4. The highest BCUT2D eigenvalue weighted by atomic mass is 16.5. The van der Waals surface area contributed by atoms with Crippen molar-refractivity contribution in [2.24, 2.45) is 0 Å². The second kappa shape index (κ2) is 12.6. The zero-order valence-corrected chi connectivity index (χ0v) is 19.5. The number of imidazole rings is 1. The van der Waals surface area contributed by atoms with Gasteiger partial charge < -0.3 is 25.0 Å². The van der Waals surface area contributed by atoms with Crippen LogP contribution in [0.4, 0.5) is 10.5 Å². The van der Waals surface area contributed by atoms with E-state index in [0.29, 0.717) is 36.8 Å². The van der Waals surface area contributed by atoms with Crippen LogP contribution in [0.5, 0.6) is 5.75 Å². The molecule has 0 spiro atoms. The van der Waals surface area contributed by atoms with E-state index in [1.807, 2.05) is 61.5 Å². The lowest BCUT2D eigenvalue weighted by molar-refractivity contribution is 0.251. The number of aryl methyl sites for hydroxylation is 1. The molecule has 33 heavy (non-hydrogen) atoms. The fourth-order valence-corrected chi connectivity index (χ4v) is 3.77. The molecule has 0 bridgehead atoms. The normalized spacial score (nSPS) is 10.8. The molecule has 3 rings (SSSR count). The average Bonchev–Trinajstić information content (AvgIpc) is 3.16. The lowest BCUT2D eigenvalue weighted by atomic mass is 10.1. The molecule has 0 aliphatic rings. The van der Waals surface area contributed by atoms with E-state index < -0.39 is 0 Å². The van der Waals surface area contributed by atoms with Crippen molar-refractivity contribution in [1.29, 1.82) is 0 Å². The molecule has 0 unspecified atom stereocenters. The number of carbonyl (C=O) groups is 1. The van der Waals surface area contributed by atoms with Gasteiger partial charge in [0.15, 0.2) is 0 Å². The molecule has 0 fully saturated rings. The van der Waals surface area contributed by atoms with Crippen LogP contribution in [0.3, 0.4) is 0 Å². The molecule has 0 saturated carbocycles. The number of anilines is 1. The van der Waals surface area contributed by atoms with Gasteiger partial charge in [0.1, 0.15) is 11.6 Å². The minimum Gasteiger partial charge on any atom is -0.491 e. The summed E-state index contributed by atoms with van der Waals surface area (Å²) in [6.45, 7) is 5.83. The van der Waals surface area contributed by atoms with E-state index >= 15 is 0 Å².